The average molecular weight is 421 g/mol. The van der Waals surface area contributed by atoms with E-state index in [0.717, 1.165) is 10.8 Å². The number of H-pyrrole nitrogens is 1. The molecule has 0 unspecified atom stereocenters. The van der Waals surface area contributed by atoms with Crippen LogP contribution in [-0.2, 0) is 22.3 Å². The number of rotatable bonds is 4. The van der Waals surface area contributed by atoms with Gasteiger partial charge in [-0.1, -0.05) is 18.2 Å². The monoisotopic (exact) mass is 421 g/mol. The van der Waals surface area contributed by atoms with Crippen molar-refractivity contribution in [2.75, 3.05) is 0 Å². The van der Waals surface area contributed by atoms with E-state index in [9.17, 15) is 18.5 Å². The Kier molecular flexibility index (Phi) is 8.52. The molecule has 0 radical (unpaired) electrons. The standard InChI is InChI=1S/C9H7NO.H5O10P3.H2O/c11-9-8-4-2-1-3-7(8)5-6-10-9;1-11(2,3)9-13(7,8)10-12(4,5)6;/h1-6H,(H,10,11);(H,7,8)(H2,1,2,3)(H2,4,5,6);1H2. The van der Waals surface area contributed by atoms with Crippen molar-refractivity contribution in [2.45, 2.75) is 0 Å². The summed E-state index contributed by atoms with van der Waals surface area (Å²) in [6.07, 6.45) is 1.66. The summed E-state index contributed by atoms with van der Waals surface area (Å²) in [6, 6.07) is 9.40. The van der Waals surface area contributed by atoms with Gasteiger partial charge in [-0.25, -0.2) is 13.7 Å². The molecule has 13 nitrogen and oxygen atoms in total. The van der Waals surface area contributed by atoms with E-state index in [-0.39, 0.29) is 11.0 Å². The van der Waals surface area contributed by atoms with Crippen LogP contribution < -0.4 is 5.56 Å². The second kappa shape index (κ2) is 8.95. The lowest BCUT2D eigenvalue weighted by molar-refractivity contribution is 0.204. The van der Waals surface area contributed by atoms with E-state index in [4.69, 9.17) is 24.5 Å². The van der Waals surface area contributed by atoms with Gasteiger partial charge in [0.1, 0.15) is 0 Å². The zero-order valence-corrected chi connectivity index (χ0v) is 14.7. The Morgan fingerprint density at radius 3 is 1.76 bits per heavy atom. The number of fused-ring (bicyclic) bond motifs is 1. The summed E-state index contributed by atoms with van der Waals surface area (Å²) in [5, 5.41) is 1.73. The van der Waals surface area contributed by atoms with Gasteiger partial charge in [0.05, 0.1) is 0 Å². The highest BCUT2D eigenvalue weighted by Crippen LogP contribution is 2.64. The average Bonchev–Trinajstić information content (AvgIpc) is 2.34. The van der Waals surface area contributed by atoms with E-state index < -0.39 is 23.5 Å². The molecule has 0 aliphatic carbocycles. The van der Waals surface area contributed by atoms with Crippen molar-refractivity contribution in [1.82, 2.24) is 4.98 Å². The van der Waals surface area contributed by atoms with Gasteiger partial charge in [-0.15, -0.1) is 0 Å². The Balaban J connectivity index is 0.000000446. The molecule has 0 aliphatic rings. The minimum atomic E-state index is -5.46. The van der Waals surface area contributed by atoms with Crippen LogP contribution in [0.4, 0.5) is 0 Å². The number of aromatic amines is 1. The summed E-state index contributed by atoms with van der Waals surface area (Å²) in [4.78, 5) is 53.9. The molecule has 0 atom stereocenters. The van der Waals surface area contributed by atoms with E-state index in [2.05, 4.69) is 13.6 Å². The predicted octanol–water partition coefficient (Wildman–Crippen LogP) is 0.00880. The molecule has 1 heterocycles. The first kappa shape index (κ1) is 23.8. The number of nitrogens with one attached hydrogen (secondary N) is 1. The van der Waals surface area contributed by atoms with E-state index in [1.807, 2.05) is 30.3 Å². The fourth-order valence-electron chi connectivity index (χ4n) is 1.42. The lowest BCUT2D eigenvalue weighted by Gasteiger charge is -2.11. The van der Waals surface area contributed by atoms with Gasteiger partial charge in [0, 0.05) is 11.6 Å². The maximum atomic E-state index is 11.1. The topological polar surface area (TPSA) is 235 Å². The van der Waals surface area contributed by atoms with Crippen LogP contribution in [-0.4, -0.2) is 34.9 Å². The predicted molar refractivity (Wildman–Crippen MR) is 84.3 cm³/mol. The van der Waals surface area contributed by atoms with Crippen LogP contribution in [0.15, 0.2) is 41.3 Å². The Morgan fingerprint density at radius 2 is 1.32 bits per heavy atom. The largest absolute Gasteiger partial charge is 0.490 e. The molecule has 1 aromatic heterocycles. The molecule has 0 aliphatic heterocycles. The maximum absolute atomic E-state index is 11.1. The van der Waals surface area contributed by atoms with Crippen LogP contribution in [0.5, 0.6) is 0 Å². The Labute approximate surface area is 139 Å². The minimum Gasteiger partial charge on any atom is -0.412 e. The SMILES string of the molecule is O.O=P(O)(O)OP(=O)(O)OP(=O)(O)O.O=c1[nH]ccc2ccccc12. The van der Waals surface area contributed by atoms with Crippen LogP contribution in [0.25, 0.3) is 10.8 Å². The second-order valence-electron chi connectivity index (χ2n) is 4.01. The van der Waals surface area contributed by atoms with Crippen molar-refractivity contribution < 1.29 is 52.3 Å². The van der Waals surface area contributed by atoms with E-state index in [0.29, 0.717) is 0 Å². The van der Waals surface area contributed by atoms with Crippen LogP contribution >= 0.6 is 23.5 Å². The number of hydrogen-bond acceptors (Lipinski definition) is 6. The van der Waals surface area contributed by atoms with Gasteiger partial charge in [0.25, 0.3) is 5.56 Å². The first-order chi connectivity index (χ1) is 10.8. The number of aromatic nitrogens is 1. The number of pyridine rings is 1. The number of phosphoric acid groups is 3. The van der Waals surface area contributed by atoms with Crippen LogP contribution in [0.3, 0.4) is 0 Å². The first-order valence-corrected chi connectivity index (χ1v) is 10.3. The smallest absolute Gasteiger partial charge is 0.412 e. The van der Waals surface area contributed by atoms with E-state index >= 15 is 0 Å². The molecule has 0 amide bonds. The van der Waals surface area contributed by atoms with Crippen LogP contribution in [0, 0.1) is 0 Å². The Bertz CT molecular complexity index is 865. The lowest BCUT2D eigenvalue weighted by atomic mass is 10.2. The summed E-state index contributed by atoms with van der Waals surface area (Å²) in [5.74, 6) is 0. The molecule has 1 aromatic carbocycles. The fourth-order valence-corrected chi connectivity index (χ4v) is 3.96. The minimum absolute atomic E-state index is 0. The highest BCUT2D eigenvalue weighted by Gasteiger charge is 2.38. The third-order valence-electron chi connectivity index (χ3n) is 2.10. The summed E-state index contributed by atoms with van der Waals surface area (Å²) in [6.45, 7) is 0. The molecule has 2 rings (SSSR count). The molecule has 2 aromatic rings. The van der Waals surface area contributed by atoms with Gasteiger partial charge in [0.2, 0.25) is 0 Å². The van der Waals surface area contributed by atoms with Crippen molar-refractivity contribution in [3.05, 3.63) is 46.9 Å². The van der Waals surface area contributed by atoms with E-state index in [1.165, 1.54) is 0 Å². The molecule has 0 fully saturated rings. The van der Waals surface area contributed by atoms with Crippen molar-refractivity contribution in [3.63, 3.8) is 0 Å². The zero-order chi connectivity index (χ0) is 18.6. The summed E-state index contributed by atoms with van der Waals surface area (Å²) in [7, 11) is -16.2. The van der Waals surface area contributed by atoms with Gasteiger partial charge < -0.3 is 34.9 Å². The summed E-state index contributed by atoms with van der Waals surface area (Å²) < 4.78 is 36.4. The van der Waals surface area contributed by atoms with Gasteiger partial charge >= 0.3 is 23.5 Å². The molecule has 8 N–H and O–H groups in total. The van der Waals surface area contributed by atoms with Crippen molar-refractivity contribution in [3.8, 4) is 0 Å². The first-order valence-electron chi connectivity index (χ1n) is 5.72. The highest BCUT2D eigenvalue weighted by molar-refractivity contribution is 7.66. The molecule has 0 saturated carbocycles. The maximum Gasteiger partial charge on any atom is 0.490 e. The van der Waals surface area contributed by atoms with Gasteiger partial charge in [-0.2, -0.15) is 8.62 Å². The number of hydrogen-bond donors (Lipinski definition) is 6. The zero-order valence-electron chi connectivity index (χ0n) is 12.0. The van der Waals surface area contributed by atoms with Crippen molar-refractivity contribution in [1.29, 1.82) is 0 Å². The van der Waals surface area contributed by atoms with Gasteiger partial charge in [-0.05, 0) is 17.5 Å². The molecular weight excluding hydrogens is 407 g/mol. The van der Waals surface area contributed by atoms with E-state index in [1.54, 1.807) is 6.20 Å². The Hall–Kier alpha value is -1.20. The summed E-state index contributed by atoms with van der Waals surface area (Å²) >= 11 is 0. The normalized spacial score (nSPS) is 12.0. The molecular formula is C9H14NO12P3. The van der Waals surface area contributed by atoms with Crippen molar-refractivity contribution >= 4 is 34.2 Å². The third-order valence-corrected chi connectivity index (χ3v) is 5.45. The number of benzene rings is 1. The Morgan fingerprint density at radius 1 is 0.840 bits per heavy atom. The summed E-state index contributed by atoms with van der Waals surface area (Å²) in [5.41, 5.74) is -0.0249. The molecule has 16 heteroatoms. The quantitative estimate of drug-likeness (QED) is 0.360. The molecule has 0 spiro atoms. The van der Waals surface area contributed by atoms with Crippen molar-refractivity contribution in [2.24, 2.45) is 0 Å². The van der Waals surface area contributed by atoms with Crippen LogP contribution in [0.1, 0.15) is 0 Å². The molecule has 142 valence electrons. The van der Waals surface area contributed by atoms with Gasteiger partial charge in [0.15, 0.2) is 0 Å². The molecule has 25 heavy (non-hydrogen) atoms. The highest BCUT2D eigenvalue weighted by atomic mass is 31.3. The fraction of sp³-hybridized carbons (Fsp3) is 0. The molecule has 0 saturated heterocycles. The lowest BCUT2D eigenvalue weighted by Crippen LogP contribution is -2.03. The van der Waals surface area contributed by atoms with Crippen LogP contribution in [0.2, 0.25) is 0 Å². The van der Waals surface area contributed by atoms with Gasteiger partial charge in [-0.3, -0.25) is 4.79 Å². The third kappa shape index (κ3) is 9.75. The molecule has 0 bridgehead atoms. The second-order valence-corrected chi connectivity index (χ2v) is 8.21.